The first-order valence-electron chi connectivity index (χ1n) is 13.6. The van der Waals surface area contributed by atoms with E-state index in [4.69, 9.17) is 4.74 Å². The second-order valence-electron chi connectivity index (χ2n) is 12.9. The predicted molar refractivity (Wildman–Crippen MR) is 130 cm³/mol. The first-order chi connectivity index (χ1) is 15.1. The van der Waals surface area contributed by atoms with Gasteiger partial charge in [0.2, 0.25) is 0 Å². The van der Waals surface area contributed by atoms with E-state index in [1.54, 1.807) is 12.5 Å². The second kappa shape index (κ2) is 9.08. The van der Waals surface area contributed by atoms with Gasteiger partial charge >= 0.3 is 5.97 Å². The fourth-order valence-electron chi connectivity index (χ4n) is 8.90. The molecule has 0 aromatic carbocycles. The Kier molecular flexibility index (Phi) is 6.90. The van der Waals surface area contributed by atoms with Gasteiger partial charge in [0.1, 0.15) is 6.10 Å². The normalized spacial score (nSPS) is 43.0. The number of esters is 1. The second-order valence-corrected chi connectivity index (χ2v) is 12.9. The summed E-state index contributed by atoms with van der Waals surface area (Å²) in [6, 6.07) is 0. The summed E-state index contributed by atoms with van der Waals surface area (Å²) in [6.45, 7) is 13.5. The molecule has 182 valence electrons. The van der Waals surface area contributed by atoms with Crippen molar-refractivity contribution >= 4 is 5.97 Å². The molecule has 9 atom stereocenters. The van der Waals surface area contributed by atoms with Crippen LogP contribution in [0.5, 0.6) is 0 Å². The Bertz CT molecular complexity index is 726. The van der Waals surface area contributed by atoms with Crippen molar-refractivity contribution < 1.29 is 14.6 Å². The van der Waals surface area contributed by atoms with Crippen molar-refractivity contribution in [3.63, 3.8) is 0 Å². The molecule has 0 aromatic rings. The van der Waals surface area contributed by atoms with Gasteiger partial charge in [-0.3, -0.25) is 4.79 Å². The molecule has 4 aliphatic rings. The van der Waals surface area contributed by atoms with Crippen molar-refractivity contribution in [2.75, 3.05) is 0 Å². The molecule has 3 heteroatoms. The Morgan fingerprint density at radius 2 is 1.84 bits per heavy atom. The van der Waals surface area contributed by atoms with Crippen LogP contribution in [0.3, 0.4) is 0 Å². The lowest BCUT2D eigenvalue weighted by Crippen LogP contribution is -2.51. The van der Waals surface area contributed by atoms with Crippen LogP contribution in [0.25, 0.3) is 0 Å². The number of carbonyl (C=O) groups is 1. The lowest BCUT2D eigenvalue weighted by atomic mass is 9.47. The molecule has 0 amide bonds. The van der Waals surface area contributed by atoms with E-state index in [9.17, 15) is 9.90 Å². The smallest absolute Gasteiger partial charge is 0.302 e. The Morgan fingerprint density at radius 1 is 1.09 bits per heavy atom. The molecule has 3 nitrogen and oxygen atoms in total. The molecule has 3 fully saturated rings. The lowest BCUT2D eigenvalue weighted by Gasteiger charge is -2.58. The largest absolute Gasteiger partial charge is 0.462 e. The predicted octanol–water partition coefficient (Wildman–Crippen LogP) is 6.93. The number of aliphatic hydroxyl groups is 1. The average Bonchev–Trinajstić information content (AvgIpc) is 3.08. The summed E-state index contributed by atoms with van der Waals surface area (Å²) in [4.78, 5) is 11.5. The maximum Gasteiger partial charge on any atom is 0.302 e. The van der Waals surface area contributed by atoms with Crippen LogP contribution in [0.1, 0.15) is 106 Å². The lowest BCUT2D eigenvalue weighted by molar-refractivity contribution is -0.148. The van der Waals surface area contributed by atoms with E-state index in [-0.39, 0.29) is 18.2 Å². The number of carbonyl (C=O) groups excluding carboxylic acids is 1. The van der Waals surface area contributed by atoms with Crippen molar-refractivity contribution in [2.45, 2.75) is 118 Å². The van der Waals surface area contributed by atoms with Gasteiger partial charge in [0.25, 0.3) is 0 Å². The number of hydrogen-bond acceptors (Lipinski definition) is 3. The van der Waals surface area contributed by atoms with Gasteiger partial charge in [-0.25, -0.2) is 0 Å². The van der Waals surface area contributed by atoms with Crippen LogP contribution >= 0.6 is 0 Å². The molecule has 3 saturated carbocycles. The number of aliphatic hydroxyl groups excluding tert-OH is 1. The monoisotopic (exact) mass is 444 g/mol. The van der Waals surface area contributed by atoms with E-state index >= 15 is 0 Å². The third kappa shape index (κ3) is 4.21. The zero-order valence-corrected chi connectivity index (χ0v) is 21.5. The molecule has 1 N–H and O–H groups in total. The molecule has 0 aromatic heterocycles. The molecule has 0 spiro atoms. The van der Waals surface area contributed by atoms with Gasteiger partial charge in [-0.2, -0.15) is 0 Å². The fourth-order valence-corrected chi connectivity index (χ4v) is 8.90. The molecular weight excluding hydrogens is 396 g/mol. The summed E-state index contributed by atoms with van der Waals surface area (Å²) in [6.07, 6.45) is 14.2. The van der Waals surface area contributed by atoms with Crippen LogP contribution in [0.15, 0.2) is 11.6 Å². The van der Waals surface area contributed by atoms with E-state index in [2.05, 4.69) is 40.7 Å². The topological polar surface area (TPSA) is 46.5 Å². The molecule has 4 aliphatic carbocycles. The van der Waals surface area contributed by atoms with E-state index in [0.717, 1.165) is 49.9 Å². The van der Waals surface area contributed by atoms with Crippen molar-refractivity contribution in [2.24, 2.45) is 46.3 Å². The molecule has 4 rings (SSSR count). The van der Waals surface area contributed by atoms with Gasteiger partial charge in [-0.1, -0.05) is 46.3 Å². The van der Waals surface area contributed by atoms with Crippen molar-refractivity contribution in [3.05, 3.63) is 11.6 Å². The van der Waals surface area contributed by atoms with Crippen LogP contribution < -0.4 is 0 Å². The Hall–Kier alpha value is -0.830. The number of rotatable bonds is 6. The maximum atomic E-state index is 11.5. The van der Waals surface area contributed by atoms with Crippen molar-refractivity contribution in [3.8, 4) is 0 Å². The van der Waals surface area contributed by atoms with Crippen LogP contribution in [0.2, 0.25) is 0 Å². The average molecular weight is 445 g/mol. The van der Waals surface area contributed by atoms with E-state index < -0.39 is 0 Å². The zero-order chi connectivity index (χ0) is 23.3. The van der Waals surface area contributed by atoms with Crippen molar-refractivity contribution in [1.82, 2.24) is 0 Å². The van der Waals surface area contributed by atoms with Gasteiger partial charge < -0.3 is 9.84 Å². The van der Waals surface area contributed by atoms with E-state index in [1.807, 2.05) is 0 Å². The SMILES string of the molecule is CC(=O)O[C@@H]1CC[C@@]2(C)C(=CC[C@H]3[C@@H]4CC[C@H]([C@H](C)[C@H](O)CCC(C)C)[C@@]4(C)CC[C@@H]32)C1. The molecule has 0 saturated heterocycles. The molecule has 32 heavy (non-hydrogen) atoms. The molecule has 0 bridgehead atoms. The zero-order valence-electron chi connectivity index (χ0n) is 21.5. The summed E-state index contributed by atoms with van der Waals surface area (Å²) in [7, 11) is 0. The first-order valence-corrected chi connectivity index (χ1v) is 13.6. The Labute approximate surface area is 196 Å². The quantitative estimate of drug-likeness (QED) is 0.357. The Balaban J connectivity index is 1.49. The highest BCUT2D eigenvalue weighted by Gasteiger charge is 2.59. The standard InChI is InChI=1S/C29H48O3/c1-18(2)7-12-27(31)19(3)24-10-11-25-23-9-8-21-17-22(32-20(4)30)13-15-28(21,5)26(23)14-16-29(24,25)6/h8,18-19,22-27,31H,7,9-17H2,1-6H3/t19-,22+,23-,24+,25-,26-,27+,28-,29+/m0/s1. The summed E-state index contributed by atoms with van der Waals surface area (Å²) < 4.78 is 5.60. The number of hydrogen-bond donors (Lipinski definition) is 1. The molecular formula is C29H48O3. The Morgan fingerprint density at radius 3 is 2.53 bits per heavy atom. The number of fused-ring (bicyclic) bond motifs is 5. The van der Waals surface area contributed by atoms with Gasteiger partial charge in [0.15, 0.2) is 0 Å². The third-order valence-corrected chi connectivity index (χ3v) is 10.7. The minimum absolute atomic E-state index is 0.0845. The molecule has 0 heterocycles. The van der Waals surface area contributed by atoms with Crippen LogP contribution in [-0.4, -0.2) is 23.3 Å². The molecule has 0 radical (unpaired) electrons. The minimum atomic E-state index is -0.150. The minimum Gasteiger partial charge on any atom is -0.462 e. The number of ether oxygens (including phenoxy) is 1. The first kappa shape index (κ1) is 24.3. The summed E-state index contributed by atoms with van der Waals surface area (Å²) in [5.41, 5.74) is 2.25. The highest BCUT2D eigenvalue weighted by Crippen LogP contribution is 2.67. The highest BCUT2D eigenvalue weighted by atomic mass is 16.5. The highest BCUT2D eigenvalue weighted by molar-refractivity contribution is 5.66. The molecule has 0 unspecified atom stereocenters. The summed E-state index contributed by atoms with van der Waals surface area (Å²) >= 11 is 0. The number of allylic oxidation sites excluding steroid dienone is 1. The van der Waals surface area contributed by atoms with E-state index in [1.165, 1.54) is 32.1 Å². The van der Waals surface area contributed by atoms with Gasteiger partial charge in [-0.05, 0) is 104 Å². The van der Waals surface area contributed by atoms with Gasteiger partial charge in [0, 0.05) is 13.3 Å². The van der Waals surface area contributed by atoms with Crippen LogP contribution in [0, 0.1) is 46.3 Å². The molecule has 0 aliphatic heterocycles. The van der Waals surface area contributed by atoms with Gasteiger partial charge in [-0.15, -0.1) is 0 Å². The van der Waals surface area contributed by atoms with Crippen molar-refractivity contribution in [1.29, 1.82) is 0 Å². The van der Waals surface area contributed by atoms with Gasteiger partial charge in [0.05, 0.1) is 6.10 Å². The third-order valence-electron chi connectivity index (χ3n) is 10.7. The maximum absolute atomic E-state index is 11.5. The summed E-state index contributed by atoms with van der Waals surface area (Å²) in [5, 5.41) is 11.0. The van der Waals surface area contributed by atoms with Crippen LogP contribution in [-0.2, 0) is 9.53 Å². The van der Waals surface area contributed by atoms with Crippen LogP contribution in [0.4, 0.5) is 0 Å². The summed E-state index contributed by atoms with van der Waals surface area (Å²) in [5.74, 6) is 3.96. The van der Waals surface area contributed by atoms with E-state index in [0.29, 0.717) is 28.6 Å². The fraction of sp³-hybridized carbons (Fsp3) is 0.897.